The van der Waals surface area contributed by atoms with Crippen LogP contribution >= 0.6 is 0 Å². The van der Waals surface area contributed by atoms with Gasteiger partial charge in [-0.15, -0.1) is 0 Å². The van der Waals surface area contributed by atoms with E-state index in [-0.39, 0.29) is 30.3 Å². The van der Waals surface area contributed by atoms with Gasteiger partial charge < -0.3 is 21.3 Å². The van der Waals surface area contributed by atoms with E-state index >= 15 is 0 Å². The number of para-hydroxylation sites is 1. The number of aliphatic imine (C=N–C) groups is 1. The van der Waals surface area contributed by atoms with Gasteiger partial charge in [-0.1, -0.05) is 36.4 Å². The first kappa shape index (κ1) is 25.2. The molecule has 37 heavy (non-hydrogen) atoms. The molecule has 2 aromatic carbocycles. The molecule has 1 saturated heterocycles. The van der Waals surface area contributed by atoms with Crippen molar-refractivity contribution in [2.75, 3.05) is 44.6 Å². The summed E-state index contributed by atoms with van der Waals surface area (Å²) in [6, 6.07) is 12.1. The number of nitrogens with one attached hydrogen (secondary N) is 4. The monoisotopic (exact) mass is 524 g/mol. The zero-order chi connectivity index (χ0) is 25.8. The van der Waals surface area contributed by atoms with Crippen LogP contribution in [0, 0.1) is 0 Å². The molecule has 0 spiro atoms. The number of aryl methyl sites for hydroxylation is 1. The Morgan fingerprint density at radius 3 is 2.68 bits per heavy atom. The van der Waals surface area contributed by atoms with Crippen molar-refractivity contribution in [1.82, 2.24) is 20.3 Å². The number of benzene rings is 2. The lowest BCUT2D eigenvalue weighted by atomic mass is 10.0. The number of amidine groups is 1. The molecule has 0 unspecified atom stereocenters. The van der Waals surface area contributed by atoms with Gasteiger partial charge in [0.15, 0.2) is 0 Å². The van der Waals surface area contributed by atoms with Gasteiger partial charge in [0.25, 0.3) is 0 Å². The van der Waals surface area contributed by atoms with Crippen LogP contribution in [0.25, 0.3) is 0 Å². The van der Waals surface area contributed by atoms with E-state index in [1.807, 2.05) is 30.3 Å². The number of carbonyl (C=O) groups is 2. The van der Waals surface area contributed by atoms with E-state index in [2.05, 4.69) is 26.3 Å². The molecule has 5 rings (SSSR count). The second-order valence-electron chi connectivity index (χ2n) is 9.40. The topological polar surface area (TPSA) is 132 Å². The standard InChI is InChI=1S/C26H32N6O4S/c33-23(27-12-10-18-6-8-20(9-7-18)25-29-13-14-30-25)17-21-26(34)31-15-16-32(21)37(35,36)22-5-1-3-19-4-2-11-28-24(19)22/h1,3,5-9,21,28H,2,4,10-17H2,(H,27,33)(H,29,30)(H,31,34)/t21-/m1/s1. The Morgan fingerprint density at radius 1 is 1.05 bits per heavy atom. The number of sulfonamides is 1. The summed E-state index contributed by atoms with van der Waals surface area (Å²) >= 11 is 0. The van der Waals surface area contributed by atoms with E-state index < -0.39 is 22.0 Å². The minimum absolute atomic E-state index is 0.113. The molecule has 3 aliphatic rings. The molecule has 2 aromatic rings. The highest BCUT2D eigenvalue weighted by Gasteiger charge is 2.40. The van der Waals surface area contributed by atoms with Gasteiger partial charge in [0.2, 0.25) is 21.8 Å². The minimum Gasteiger partial charge on any atom is -0.384 e. The molecule has 0 bridgehead atoms. The van der Waals surface area contributed by atoms with E-state index in [1.54, 1.807) is 12.1 Å². The van der Waals surface area contributed by atoms with Crippen LogP contribution in [0.1, 0.15) is 29.5 Å². The average molecular weight is 525 g/mol. The Morgan fingerprint density at radius 2 is 1.89 bits per heavy atom. The largest absolute Gasteiger partial charge is 0.384 e. The molecule has 0 aromatic heterocycles. The van der Waals surface area contributed by atoms with Crippen LogP contribution in [0.2, 0.25) is 0 Å². The van der Waals surface area contributed by atoms with Crippen LogP contribution in [0.5, 0.6) is 0 Å². The van der Waals surface area contributed by atoms with E-state index in [1.165, 1.54) is 4.31 Å². The lowest BCUT2D eigenvalue weighted by Crippen LogP contribution is -2.58. The van der Waals surface area contributed by atoms with Crippen molar-refractivity contribution < 1.29 is 18.0 Å². The maximum absolute atomic E-state index is 13.7. The quantitative estimate of drug-likeness (QED) is 0.401. The van der Waals surface area contributed by atoms with E-state index in [0.29, 0.717) is 25.2 Å². The van der Waals surface area contributed by atoms with Crippen molar-refractivity contribution in [3.8, 4) is 0 Å². The highest BCUT2D eigenvalue weighted by atomic mass is 32.2. The first-order valence-electron chi connectivity index (χ1n) is 12.7. The summed E-state index contributed by atoms with van der Waals surface area (Å²) in [5, 5.41) is 12.0. The highest BCUT2D eigenvalue weighted by Crippen LogP contribution is 2.32. The fraction of sp³-hybridized carbons (Fsp3) is 0.423. The molecule has 1 fully saturated rings. The van der Waals surface area contributed by atoms with Crippen LogP contribution in [0.3, 0.4) is 0 Å². The third-order valence-corrected chi connectivity index (χ3v) is 8.87. The van der Waals surface area contributed by atoms with Crippen LogP contribution < -0.4 is 21.3 Å². The van der Waals surface area contributed by atoms with Gasteiger partial charge in [-0.2, -0.15) is 4.31 Å². The molecule has 11 heteroatoms. The van der Waals surface area contributed by atoms with Gasteiger partial charge in [-0.05, 0) is 36.5 Å². The fourth-order valence-corrected chi connectivity index (χ4v) is 6.81. The number of fused-ring (bicyclic) bond motifs is 1. The number of anilines is 1. The third kappa shape index (κ3) is 5.47. The predicted octanol–water partition coefficient (Wildman–Crippen LogP) is 0.633. The van der Waals surface area contributed by atoms with Crippen molar-refractivity contribution in [3.63, 3.8) is 0 Å². The lowest BCUT2D eigenvalue weighted by Gasteiger charge is -2.34. The third-order valence-electron chi connectivity index (χ3n) is 6.92. The Bertz CT molecular complexity index is 1310. The average Bonchev–Trinajstić information content (AvgIpc) is 3.45. The maximum Gasteiger partial charge on any atom is 0.245 e. The first-order valence-corrected chi connectivity index (χ1v) is 14.2. The second-order valence-corrected chi connectivity index (χ2v) is 11.3. The fourth-order valence-electron chi connectivity index (χ4n) is 5.01. The van der Waals surface area contributed by atoms with Gasteiger partial charge in [-0.3, -0.25) is 14.6 Å². The summed E-state index contributed by atoms with van der Waals surface area (Å²) in [7, 11) is -3.99. The number of nitrogens with zero attached hydrogens (tertiary/aromatic N) is 2. The van der Waals surface area contributed by atoms with E-state index in [0.717, 1.165) is 48.5 Å². The molecule has 0 radical (unpaired) electrons. The van der Waals surface area contributed by atoms with E-state index in [4.69, 9.17) is 0 Å². The first-order chi connectivity index (χ1) is 17.9. The second kappa shape index (κ2) is 10.9. The minimum atomic E-state index is -3.99. The molecule has 3 aliphatic heterocycles. The predicted molar refractivity (Wildman–Crippen MR) is 141 cm³/mol. The molecular formula is C26H32N6O4S. The molecule has 0 saturated carbocycles. The van der Waals surface area contributed by atoms with Gasteiger partial charge in [-0.25, -0.2) is 8.42 Å². The number of amides is 2. The number of carbonyl (C=O) groups excluding carboxylic acids is 2. The molecule has 10 nitrogen and oxygen atoms in total. The Labute approximate surface area is 217 Å². The Hall–Kier alpha value is -3.44. The van der Waals surface area contributed by atoms with Crippen LogP contribution in [-0.4, -0.2) is 75.7 Å². The summed E-state index contributed by atoms with van der Waals surface area (Å²) in [5.41, 5.74) is 3.64. The van der Waals surface area contributed by atoms with Crippen LogP contribution in [0.4, 0.5) is 5.69 Å². The molecule has 196 valence electrons. The van der Waals surface area contributed by atoms with Crippen LogP contribution in [0.15, 0.2) is 52.4 Å². The van der Waals surface area contributed by atoms with Gasteiger partial charge in [0, 0.05) is 38.3 Å². The smallest absolute Gasteiger partial charge is 0.245 e. The lowest BCUT2D eigenvalue weighted by molar-refractivity contribution is -0.131. The zero-order valence-corrected chi connectivity index (χ0v) is 21.4. The van der Waals surface area contributed by atoms with Crippen molar-refractivity contribution in [1.29, 1.82) is 0 Å². The molecule has 1 atom stereocenters. The van der Waals surface area contributed by atoms with Crippen molar-refractivity contribution >= 4 is 33.4 Å². The summed E-state index contributed by atoms with van der Waals surface area (Å²) in [6.45, 7) is 3.03. The van der Waals surface area contributed by atoms with E-state index in [9.17, 15) is 18.0 Å². The number of rotatable bonds is 8. The summed E-state index contributed by atoms with van der Waals surface area (Å²) < 4.78 is 28.5. The SMILES string of the molecule is O=C(C[C@@H]1C(=O)NCCN1S(=O)(=O)c1cccc2c1NCCC2)NCCc1ccc(C2=NCCN2)cc1. The zero-order valence-electron chi connectivity index (χ0n) is 20.6. The Kier molecular flexibility index (Phi) is 7.43. The molecule has 3 heterocycles. The van der Waals surface area contributed by atoms with Crippen LogP contribution in [-0.2, 0) is 32.5 Å². The summed E-state index contributed by atoms with van der Waals surface area (Å²) in [4.78, 5) is 30.1. The van der Waals surface area contributed by atoms with Crippen molar-refractivity contribution in [2.24, 2.45) is 4.99 Å². The van der Waals surface area contributed by atoms with Gasteiger partial charge >= 0.3 is 0 Å². The van der Waals surface area contributed by atoms with Gasteiger partial charge in [0.1, 0.15) is 16.8 Å². The molecule has 4 N–H and O–H groups in total. The molecule has 0 aliphatic carbocycles. The van der Waals surface area contributed by atoms with Gasteiger partial charge in [0.05, 0.1) is 18.7 Å². The molecular weight excluding hydrogens is 492 g/mol. The van der Waals surface area contributed by atoms with Crippen molar-refractivity contribution in [3.05, 3.63) is 59.2 Å². The normalized spacial score (nSPS) is 19.7. The number of hydrogen-bond donors (Lipinski definition) is 4. The maximum atomic E-state index is 13.7. The molecule has 2 amide bonds. The number of hydrogen-bond acceptors (Lipinski definition) is 7. The highest BCUT2D eigenvalue weighted by molar-refractivity contribution is 7.89. The Balaban J connectivity index is 1.22. The summed E-state index contributed by atoms with van der Waals surface area (Å²) in [6.07, 6.45) is 2.11. The summed E-state index contributed by atoms with van der Waals surface area (Å²) in [5.74, 6) is 0.0790. The number of piperazine rings is 1. The van der Waals surface area contributed by atoms with Crippen molar-refractivity contribution in [2.45, 2.75) is 36.6 Å².